The topological polar surface area (TPSA) is 141 Å². The highest BCUT2D eigenvalue weighted by Crippen LogP contribution is 2.10. The summed E-state index contributed by atoms with van der Waals surface area (Å²) < 4.78 is 0. The summed E-state index contributed by atoms with van der Waals surface area (Å²) in [6.45, 7) is -1.28. The van der Waals surface area contributed by atoms with Crippen molar-refractivity contribution in [2.75, 3.05) is 36.1 Å². The molecule has 0 unspecified atom stereocenters. The minimum absolute atomic E-state index is 0. The Balaban J connectivity index is 0.00000225. The van der Waals surface area contributed by atoms with Crippen LogP contribution in [0, 0.1) is 0 Å². The molecule has 1 aromatic heterocycles. The van der Waals surface area contributed by atoms with Crippen LogP contribution in [-0.2, 0) is 0 Å². The third-order valence-electron chi connectivity index (χ3n) is 1.50. The number of hydrogen-bond donors (Lipinski definition) is 5. The first-order valence-electron chi connectivity index (χ1n) is 4.04. The van der Waals surface area contributed by atoms with Gasteiger partial charge >= 0.3 is 0 Å². The monoisotopic (exact) mass is 252 g/mol. The van der Waals surface area contributed by atoms with Gasteiger partial charge in [-0.1, -0.05) is 0 Å². The molecule has 1 heterocycles. The minimum atomic E-state index is -0.460. The van der Waals surface area contributed by atoms with Crippen LogP contribution in [0.4, 0.5) is 17.8 Å². The molecule has 6 N–H and O–H groups in total. The quantitative estimate of drug-likeness (QED) is 0.374. The van der Waals surface area contributed by atoms with E-state index in [2.05, 4.69) is 20.3 Å². The number of aromatic nitrogens is 3. The van der Waals surface area contributed by atoms with Crippen molar-refractivity contribution in [3.8, 4) is 0 Å². The van der Waals surface area contributed by atoms with Gasteiger partial charge in [-0.2, -0.15) is 15.0 Å². The maximum atomic E-state index is 8.85. The Morgan fingerprint density at radius 1 is 1.12 bits per heavy atom. The zero-order valence-electron chi connectivity index (χ0n) is 8.24. The number of aliphatic hydroxyl groups is 3. The van der Waals surface area contributed by atoms with Gasteiger partial charge in [0.1, 0.15) is 20.2 Å². The molecule has 0 bridgehead atoms. The van der Waals surface area contributed by atoms with Crippen molar-refractivity contribution in [3.63, 3.8) is 0 Å². The summed E-state index contributed by atoms with van der Waals surface area (Å²) in [6.07, 6.45) is 0. The Morgan fingerprint density at radius 2 is 1.75 bits per heavy atom. The Morgan fingerprint density at radius 3 is 2.25 bits per heavy atom. The average molecular weight is 253 g/mol. The van der Waals surface area contributed by atoms with Gasteiger partial charge in [0.15, 0.2) is 0 Å². The number of nitrogen functional groups attached to an aromatic ring is 1. The summed E-state index contributed by atoms with van der Waals surface area (Å²) in [5.74, 6) is -0.00167. The Labute approximate surface area is 97.4 Å². The van der Waals surface area contributed by atoms with Crippen molar-refractivity contribution in [3.05, 3.63) is 0 Å². The molecule has 0 aliphatic heterocycles. The van der Waals surface area contributed by atoms with Gasteiger partial charge in [0.2, 0.25) is 17.8 Å². The number of anilines is 3. The van der Waals surface area contributed by atoms with Crippen molar-refractivity contribution >= 4 is 30.3 Å². The highest BCUT2D eigenvalue weighted by molar-refractivity contribution is 5.85. The number of hydrogen-bond acceptors (Lipinski definition) is 9. The molecule has 1 rings (SSSR count). The van der Waals surface area contributed by atoms with E-state index >= 15 is 0 Å². The van der Waals surface area contributed by atoms with Gasteiger partial charge in [-0.3, -0.25) is 4.90 Å². The fourth-order valence-corrected chi connectivity index (χ4v) is 0.843. The number of halogens is 1. The molecular formula is C6H13ClN6O3. The molecular weight excluding hydrogens is 240 g/mol. The summed E-state index contributed by atoms with van der Waals surface area (Å²) in [5.41, 5.74) is 5.36. The molecule has 0 radical (unpaired) electrons. The van der Waals surface area contributed by atoms with E-state index in [1.165, 1.54) is 0 Å². The molecule has 1 aromatic rings. The number of nitrogens with zero attached hydrogens (tertiary/aromatic N) is 4. The molecule has 0 aromatic carbocycles. The molecule has 0 saturated heterocycles. The molecule has 0 spiro atoms. The standard InChI is InChI=1S/C6H12N6O3.ClH/c7-4-9-5(8-1-13)11-6(10-4)12(2-14)3-15;/h13-15H,1-3H2,(H3,7,8,9,10,11);1H. The van der Waals surface area contributed by atoms with Crippen molar-refractivity contribution < 1.29 is 15.3 Å². The van der Waals surface area contributed by atoms with Crippen LogP contribution >= 0.6 is 12.4 Å². The van der Waals surface area contributed by atoms with E-state index in [-0.39, 0.29) is 37.0 Å². The maximum Gasteiger partial charge on any atom is 0.235 e. The van der Waals surface area contributed by atoms with E-state index in [0.717, 1.165) is 4.90 Å². The highest BCUT2D eigenvalue weighted by Gasteiger charge is 2.10. The van der Waals surface area contributed by atoms with E-state index in [1.807, 2.05) is 0 Å². The number of nitrogens with two attached hydrogens (primary N) is 1. The lowest BCUT2D eigenvalue weighted by atomic mass is 10.7. The third-order valence-corrected chi connectivity index (χ3v) is 1.50. The van der Waals surface area contributed by atoms with Crippen LogP contribution in [0.25, 0.3) is 0 Å². The van der Waals surface area contributed by atoms with Crippen molar-refractivity contribution in [2.24, 2.45) is 0 Å². The summed E-state index contributed by atoms with van der Waals surface area (Å²) in [7, 11) is 0. The normalized spacial score (nSPS) is 9.44. The van der Waals surface area contributed by atoms with Crippen LogP contribution in [0.15, 0.2) is 0 Å². The second kappa shape index (κ2) is 6.95. The first-order valence-corrected chi connectivity index (χ1v) is 4.04. The summed E-state index contributed by atoms with van der Waals surface area (Å²) in [4.78, 5) is 12.2. The largest absolute Gasteiger partial charge is 0.376 e. The van der Waals surface area contributed by atoms with Crippen molar-refractivity contribution in [1.82, 2.24) is 15.0 Å². The summed E-state index contributed by atoms with van der Waals surface area (Å²) >= 11 is 0. The van der Waals surface area contributed by atoms with E-state index in [9.17, 15) is 0 Å². The number of aliphatic hydroxyl groups excluding tert-OH is 3. The summed E-state index contributed by atoms with van der Waals surface area (Å²) in [6, 6.07) is 0. The van der Waals surface area contributed by atoms with Crippen LogP contribution in [0.3, 0.4) is 0 Å². The van der Waals surface area contributed by atoms with Gasteiger partial charge in [-0.15, -0.1) is 12.4 Å². The Bertz CT molecular complexity index is 323. The molecule has 92 valence electrons. The lowest BCUT2D eigenvalue weighted by Crippen LogP contribution is -2.28. The van der Waals surface area contributed by atoms with Gasteiger partial charge in [0, 0.05) is 0 Å². The molecule has 0 fully saturated rings. The fourth-order valence-electron chi connectivity index (χ4n) is 0.843. The smallest absolute Gasteiger partial charge is 0.235 e. The second-order valence-corrected chi connectivity index (χ2v) is 2.47. The predicted octanol–water partition coefficient (Wildman–Crippen LogP) is -2.06. The predicted molar refractivity (Wildman–Crippen MR) is 58.8 cm³/mol. The fraction of sp³-hybridized carbons (Fsp3) is 0.500. The van der Waals surface area contributed by atoms with Crippen LogP contribution in [0.2, 0.25) is 0 Å². The number of nitrogens with one attached hydrogen (secondary N) is 1. The molecule has 0 amide bonds. The molecule has 0 aliphatic carbocycles. The lowest BCUT2D eigenvalue weighted by molar-refractivity contribution is 0.220. The molecule has 10 heteroatoms. The molecule has 0 saturated carbocycles. The molecule has 16 heavy (non-hydrogen) atoms. The maximum absolute atomic E-state index is 8.85. The van der Waals surface area contributed by atoms with Crippen LogP contribution < -0.4 is 16.0 Å². The third kappa shape index (κ3) is 3.62. The van der Waals surface area contributed by atoms with Gasteiger partial charge in [-0.25, -0.2) is 0 Å². The first-order chi connectivity index (χ1) is 7.21. The highest BCUT2D eigenvalue weighted by atomic mass is 35.5. The van der Waals surface area contributed by atoms with Gasteiger partial charge in [0.05, 0.1) is 0 Å². The SMILES string of the molecule is Cl.Nc1nc(NCO)nc(N(CO)CO)n1. The van der Waals surface area contributed by atoms with Crippen LogP contribution in [0.5, 0.6) is 0 Å². The van der Waals surface area contributed by atoms with E-state index in [1.54, 1.807) is 0 Å². The van der Waals surface area contributed by atoms with Gasteiger partial charge in [0.25, 0.3) is 0 Å². The second-order valence-electron chi connectivity index (χ2n) is 2.47. The van der Waals surface area contributed by atoms with Gasteiger partial charge < -0.3 is 26.4 Å². The summed E-state index contributed by atoms with van der Waals surface area (Å²) in [5, 5.41) is 28.7. The van der Waals surface area contributed by atoms with Gasteiger partial charge in [-0.05, 0) is 0 Å². The zero-order chi connectivity index (χ0) is 11.3. The van der Waals surface area contributed by atoms with Crippen LogP contribution in [-0.4, -0.2) is 50.5 Å². The Kier molecular flexibility index (Phi) is 6.34. The zero-order valence-corrected chi connectivity index (χ0v) is 9.05. The lowest BCUT2D eigenvalue weighted by Gasteiger charge is -2.16. The molecule has 0 aliphatic rings. The van der Waals surface area contributed by atoms with E-state index in [4.69, 9.17) is 21.1 Å². The van der Waals surface area contributed by atoms with Crippen LogP contribution in [0.1, 0.15) is 0 Å². The van der Waals surface area contributed by atoms with Crippen molar-refractivity contribution in [2.45, 2.75) is 0 Å². The number of rotatable bonds is 5. The minimum Gasteiger partial charge on any atom is -0.376 e. The van der Waals surface area contributed by atoms with Crippen molar-refractivity contribution in [1.29, 1.82) is 0 Å². The molecule has 9 nitrogen and oxygen atoms in total. The van der Waals surface area contributed by atoms with E-state index < -0.39 is 13.5 Å². The van der Waals surface area contributed by atoms with E-state index in [0.29, 0.717) is 0 Å². The molecule has 0 atom stereocenters. The Hall–Kier alpha value is -1.42. The first kappa shape index (κ1) is 14.6. The average Bonchev–Trinajstić information content (AvgIpc) is 2.19.